The molecular formula is C10H2F6N2O2S2. The summed E-state index contributed by atoms with van der Waals surface area (Å²) in [6.45, 7) is 0. The van der Waals surface area contributed by atoms with Crippen molar-refractivity contribution in [3.05, 3.63) is 23.3 Å². The molecule has 12 heteroatoms. The molecule has 4 nitrogen and oxygen atoms in total. The number of nitriles is 2. The average Bonchev–Trinajstić information content (AvgIpc) is 2.40. The fraction of sp³-hybridized carbons (Fsp3) is 0.200. The van der Waals surface area contributed by atoms with Gasteiger partial charge in [0.05, 0.1) is 0 Å². The van der Waals surface area contributed by atoms with Crippen molar-refractivity contribution < 1.29 is 34.7 Å². The van der Waals surface area contributed by atoms with Crippen LogP contribution in [-0.4, -0.2) is 11.0 Å². The van der Waals surface area contributed by atoms with Gasteiger partial charge in [0, 0.05) is 0 Å². The van der Waals surface area contributed by atoms with Crippen LogP contribution in [0.5, 0.6) is 11.5 Å². The second-order valence-corrected chi connectivity index (χ2v) is 4.85. The zero-order valence-corrected chi connectivity index (χ0v) is 11.6. The number of benzene rings is 1. The number of alkyl halides is 6. The van der Waals surface area contributed by atoms with Gasteiger partial charge in [-0.15, -0.1) is 0 Å². The minimum atomic E-state index is -4.76. The molecule has 118 valence electrons. The van der Waals surface area contributed by atoms with Gasteiger partial charge in [0.25, 0.3) is 0 Å². The molecule has 0 saturated heterocycles. The summed E-state index contributed by atoms with van der Waals surface area (Å²) in [4.78, 5) is 0. The van der Waals surface area contributed by atoms with Crippen LogP contribution in [0, 0.1) is 22.7 Å². The highest BCUT2D eigenvalue weighted by atomic mass is 32.2. The van der Waals surface area contributed by atoms with Gasteiger partial charge >= 0.3 is 11.0 Å². The Kier molecular flexibility index (Phi) is 5.68. The minimum absolute atomic E-state index is 0.620. The molecule has 0 radical (unpaired) electrons. The van der Waals surface area contributed by atoms with Gasteiger partial charge in [-0.3, -0.25) is 0 Å². The molecule has 1 rings (SSSR count). The molecule has 0 aromatic heterocycles. The topological polar surface area (TPSA) is 66.0 Å². The smallest absolute Gasteiger partial charge is 0.416 e. The first-order valence-corrected chi connectivity index (χ1v) is 6.37. The molecule has 0 aliphatic heterocycles. The molecule has 0 fully saturated rings. The van der Waals surface area contributed by atoms with E-state index in [0.717, 1.165) is 12.1 Å². The summed E-state index contributed by atoms with van der Waals surface area (Å²) >= 11 is -1.86. The Bertz CT molecular complexity index is 578. The van der Waals surface area contributed by atoms with Crippen molar-refractivity contribution in [1.29, 1.82) is 10.5 Å². The maximum absolute atomic E-state index is 12.0. The first kappa shape index (κ1) is 18.1. The number of hydrogen-bond acceptors (Lipinski definition) is 6. The van der Waals surface area contributed by atoms with Crippen LogP contribution in [0.15, 0.2) is 12.1 Å². The van der Waals surface area contributed by atoms with Crippen molar-refractivity contribution in [3.63, 3.8) is 0 Å². The predicted octanol–water partition coefficient (Wildman–Crippen LogP) is 4.52. The van der Waals surface area contributed by atoms with E-state index in [2.05, 4.69) is 8.37 Å². The van der Waals surface area contributed by atoms with E-state index in [4.69, 9.17) is 10.5 Å². The van der Waals surface area contributed by atoms with Crippen molar-refractivity contribution in [2.24, 2.45) is 0 Å². The summed E-state index contributed by atoms with van der Waals surface area (Å²) in [5.41, 5.74) is -10.9. The number of halogens is 6. The van der Waals surface area contributed by atoms with Gasteiger partial charge in [-0.25, -0.2) is 0 Å². The molecule has 0 aliphatic rings. The Morgan fingerprint density at radius 1 is 0.773 bits per heavy atom. The summed E-state index contributed by atoms with van der Waals surface area (Å²) in [6, 6.07) is 4.37. The first-order chi connectivity index (χ1) is 10.1. The predicted molar refractivity (Wildman–Crippen MR) is 64.4 cm³/mol. The van der Waals surface area contributed by atoms with E-state index in [-0.39, 0.29) is 0 Å². The van der Waals surface area contributed by atoms with Crippen molar-refractivity contribution in [3.8, 4) is 23.6 Å². The van der Waals surface area contributed by atoms with Gasteiger partial charge in [-0.05, 0) is 12.1 Å². The van der Waals surface area contributed by atoms with E-state index < -0.39 is 57.7 Å². The van der Waals surface area contributed by atoms with Crippen molar-refractivity contribution in [1.82, 2.24) is 0 Å². The highest BCUT2D eigenvalue weighted by Gasteiger charge is 2.34. The Morgan fingerprint density at radius 2 is 1.09 bits per heavy atom. The normalized spacial score (nSPS) is 11.5. The zero-order chi connectivity index (χ0) is 17.0. The van der Waals surface area contributed by atoms with Crippen LogP contribution in [-0.2, 0) is 0 Å². The summed E-state index contributed by atoms with van der Waals surface area (Å²) in [6.07, 6.45) is 0. The fourth-order valence-electron chi connectivity index (χ4n) is 1.11. The highest BCUT2D eigenvalue weighted by molar-refractivity contribution is 7.96. The summed E-state index contributed by atoms with van der Waals surface area (Å²) < 4.78 is 80.7. The fourth-order valence-corrected chi connectivity index (χ4v) is 1.76. The number of rotatable bonds is 4. The molecule has 0 N–H and O–H groups in total. The van der Waals surface area contributed by atoms with E-state index in [1.165, 1.54) is 12.1 Å². The molecule has 1 aromatic rings. The lowest BCUT2D eigenvalue weighted by Gasteiger charge is -2.12. The van der Waals surface area contributed by atoms with Crippen molar-refractivity contribution in [2.75, 3.05) is 0 Å². The molecule has 0 spiro atoms. The van der Waals surface area contributed by atoms with Crippen LogP contribution >= 0.6 is 24.1 Å². The third-order valence-corrected chi connectivity index (χ3v) is 2.71. The van der Waals surface area contributed by atoms with Gasteiger partial charge in [0.1, 0.15) is 23.3 Å². The van der Waals surface area contributed by atoms with Gasteiger partial charge in [-0.2, -0.15) is 36.9 Å². The molecule has 0 saturated carbocycles. The van der Waals surface area contributed by atoms with Crippen molar-refractivity contribution >= 4 is 24.1 Å². The van der Waals surface area contributed by atoms with E-state index in [0.29, 0.717) is 0 Å². The van der Waals surface area contributed by atoms with Crippen LogP contribution in [0.3, 0.4) is 0 Å². The quantitative estimate of drug-likeness (QED) is 0.581. The van der Waals surface area contributed by atoms with Crippen LogP contribution in [0.25, 0.3) is 0 Å². The van der Waals surface area contributed by atoms with Gasteiger partial charge in [0.15, 0.2) is 35.6 Å². The first-order valence-electron chi connectivity index (χ1n) is 4.89. The van der Waals surface area contributed by atoms with Gasteiger partial charge < -0.3 is 8.37 Å². The molecule has 0 aliphatic carbocycles. The van der Waals surface area contributed by atoms with E-state index in [1.54, 1.807) is 0 Å². The molecule has 0 heterocycles. The molecule has 0 amide bonds. The minimum Gasteiger partial charge on any atom is -0.416 e. The second kappa shape index (κ2) is 6.89. The summed E-state index contributed by atoms with van der Waals surface area (Å²) in [7, 11) is 0. The number of nitrogens with zero attached hydrogens (tertiary/aromatic N) is 2. The average molecular weight is 360 g/mol. The Hall–Kier alpha value is -1.92. The van der Waals surface area contributed by atoms with Crippen LogP contribution in [0.1, 0.15) is 11.1 Å². The monoisotopic (exact) mass is 360 g/mol. The van der Waals surface area contributed by atoms with Crippen LogP contribution in [0.2, 0.25) is 0 Å². The summed E-state index contributed by atoms with van der Waals surface area (Å²) in [5, 5.41) is 17.7. The Labute approximate surface area is 128 Å². The van der Waals surface area contributed by atoms with E-state index in [1.807, 2.05) is 0 Å². The lowest BCUT2D eigenvalue weighted by Crippen LogP contribution is -2.05. The molecule has 22 heavy (non-hydrogen) atoms. The molecule has 0 atom stereocenters. The third-order valence-electron chi connectivity index (χ3n) is 1.80. The largest absolute Gasteiger partial charge is 0.479 e. The summed E-state index contributed by atoms with van der Waals surface area (Å²) in [5.74, 6) is -1.24. The third kappa shape index (κ3) is 5.46. The lowest BCUT2D eigenvalue weighted by molar-refractivity contribution is -0.0378. The van der Waals surface area contributed by atoms with E-state index >= 15 is 0 Å². The molecular weight excluding hydrogens is 358 g/mol. The highest BCUT2D eigenvalue weighted by Crippen LogP contribution is 2.39. The maximum Gasteiger partial charge on any atom is 0.479 e. The lowest BCUT2D eigenvalue weighted by atomic mass is 10.1. The standard InChI is InChI=1S/C10H2F6N2O2S2/c11-9(12,13)21-19-7-1-2-8(20-22-10(14,15)16)6(4-18)5(7)3-17/h1-2H. The van der Waals surface area contributed by atoms with Gasteiger partial charge in [-0.1, -0.05) is 0 Å². The zero-order valence-electron chi connectivity index (χ0n) is 9.95. The molecule has 0 bridgehead atoms. The Morgan fingerprint density at radius 3 is 1.32 bits per heavy atom. The SMILES string of the molecule is N#Cc1c(OSC(F)(F)F)ccc(OSC(F)(F)F)c1C#N. The molecule has 1 aromatic carbocycles. The Balaban J connectivity index is 3.10. The maximum atomic E-state index is 12.0. The van der Waals surface area contributed by atoms with Crippen LogP contribution in [0.4, 0.5) is 26.3 Å². The van der Waals surface area contributed by atoms with Gasteiger partial charge in [0.2, 0.25) is 0 Å². The second-order valence-electron chi connectivity index (χ2n) is 3.26. The van der Waals surface area contributed by atoms with Crippen LogP contribution < -0.4 is 8.37 Å². The molecule has 0 unspecified atom stereocenters. The van der Waals surface area contributed by atoms with Crippen molar-refractivity contribution in [2.45, 2.75) is 11.0 Å². The van der Waals surface area contributed by atoms with E-state index in [9.17, 15) is 26.3 Å². The number of hydrogen-bond donors (Lipinski definition) is 0.